The number of hydrogen-bond donors (Lipinski definition) is 2. The van der Waals surface area contributed by atoms with Crippen LogP contribution in [-0.2, 0) is 4.79 Å². The van der Waals surface area contributed by atoms with E-state index in [2.05, 4.69) is 10.6 Å². The van der Waals surface area contributed by atoms with Crippen molar-refractivity contribution in [2.24, 2.45) is 0 Å². The zero-order chi connectivity index (χ0) is 20.9. The molecule has 30 heavy (non-hydrogen) atoms. The van der Waals surface area contributed by atoms with Gasteiger partial charge in [-0.25, -0.2) is 9.18 Å². The molecule has 1 heterocycles. The van der Waals surface area contributed by atoms with Gasteiger partial charge in [0.15, 0.2) is 0 Å². The van der Waals surface area contributed by atoms with E-state index in [1.807, 2.05) is 30.3 Å². The Labute approximate surface area is 173 Å². The molecule has 1 fully saturated rings. The van der Waals surface area contributed by atoms with Crippen LogP contribution in [0.5, 0.6) is 11.5 Å². The molecule has 1 aliphatic rings. The number of benzene rings is 3. The van der Waals surface area contributed by atoms with E-state index in [-0.39, 0.29) is 18.4 Å². The van der Waals surface area contributed by atoms with Crippen LogP contribution in [0.4, 0.5) is 20.6 Å². The molecule has 2 N–H and O–H groups in total. The number of halogens is 1. The second-order valence-electron chi connectivity index (χ2n) is 6.92. The normalized spacial score (nSPS) is 15.7. The first-order valence-electron chi connectivity index (χ1n) is 9.53. The van der Waals surface area contributed by atoms with Gasteiger partial charge in [0.05, 0.1) is 6.04 Å². The fourth-order valence-corrected chi connectivity index (χ4v) is 3.28. The van der Waals surface area contributed by atoms with E-state index in [1.54, 1.807) is 36.4 Å². The van der Waals surface area contributed by atoms with Crippen molar-refractivity contribution in [3.05, 3.63) is 84.7 Å². The van der Waals surface area contributed by atoms with Gasteiger partial charge in [-0.3, -0.25) is 4.79 Å². The van der Waals surface area contributed by atoms with Gasteiger partial charge in [-0.05, 0) is 54.6 Å². The lowest BCUT2D eigenvalue weighted by Gasteiger charge is -2.17. The van der Waals surface area contributed by atoms with Crippen LogP contribution in [0.1, 0.15) is 6.42 Å². The Morgan fingerprint density at radius 3 is 2.43 bits per heavy atom. The number of rotatable bonds is 5. The van der Waals surface area contributed by atoms with Gasteiger partial charge < -0.3 is 20.3 Å². The second-order valence-corrected chi connectivity index (χ2v) is 6.92. The summed E-state index contributed by atoms with van der Waals surface area (Å²) in [5, 5.41) is 5.53. The van der Waals surface area contributed by atoms with E-state index in [0.717, 1.165) is 5.75 Å². The van der Waals surface area contributed by atoms with Gasteiger partial charge in [-0.15, -0.1) is 0 Å². The second kappa shape index (κ2) is 8.65. The molecular formula is C23H20FN3O3. The maximum Gasteiger partial charge on any atom is 0.319 e. The van der Waals surface area contributed by atoms with Crippen LogP contribution >= 0.6 is 0 Å². The highest BCUT2D eigenvalue weighted by Gasteiger charge is 2.31. The Bertz CT molecular complexity index is 1040. The van der Waals surface area contributed by atoms with E-state index in [1.165, 1.54) is 17.0 Å². The molecule has 4 rings (SSSR count). The van der Waals surface area contributed by atoms with Crippen molar-refractivity contribution >= 4 is 23.3 Å². The van der Waals surface area contributed by atoms with Crippen LogP contribution in [0.3, 0.4) is 0 Å². The lowest BCUT2D eigenvalue weighted by atomic mass is 10.2. The highest BCUT2D eigenvalue weighted by molar-refractivity contribution is 5.97. The first-order valence-corrected chi connectivity index (χ1v) is 9.53. The van der Waals surface area contributed by atoms with Crippen molar-refractivity contribution in [2.75, 3.05) is 16.8 Å². The third kappa shape index (κ3) is 4.75. The summed E-state index contributed by atoms with van der Waals surface area (Å²) in [5.41, 5.74) is 1.08. The lowest BCUT2D eigenvalue weighted by Crippen LogP contribution is -2.39. The van der Waals surface area contributed by atoms with E-state index in [4.69, 9.17) is 4.74 Å². The molecule has 152 valence electrons. The molecule has 0 saturated carbocycles. The molecule has 1 aliphatic heterocycles. The minimum absolute atomic E-state index is 0.159. The summed E-state index contributed by atoms with van der Waals surface area (Å²) in [7, 11) is 0. The number of amides is 3. The molecule has 0 aliphatic carbocycles. The summed E-state index contributed by atoms with van der Waals surface area (Å²) < 4.78 is 19.1. The molecule has 7 heteroatoms. The van der Waals surface area contributed by atoms with Crippen LogP contribution in [0.2, 0.25) is 0 Å². The molecule has 3 amide bonds. The van der Waals surface area contributed by atoms with Crippen molar-refractivity contribution < 1.29 is 18.7 Å². The van der Waals surface area contributed by atoms with E-state index in [0.29, 0.717) is 23.7 Å². The number of para-hydroxylation sites is 1. The largest absolute Gasteiger partial charge is 0.457 e. The topological polar surface area (TPSA) is 70.7 Å². The summed E-state index contributed by atoms with van der Waals surface area (Å²) >= 11 is 0. The number of ether oxygens (including phenoxy) is 1. The highest BCUT2D eigenvalue weighted by Crippen LogP contribution is 2.24. The van der Waals surface area contributed by atoms with Gasteiger partial charge in [-0.2, -0.15) is 0 Å². The average Bonchev–Trinajstić information content (AvgIpc) is 3.10. The molecule has 6 nitrogen and oxygen atoms in total. The number of nitrogens with zero attached hydrogens (tertiary/aromatic N) is 1. The maximum absolute atomic E-state index is 13.4. The molecule has 0 unspecified atom stereocenters. The van der Waals surface area contributed by atoms with Crippen LogP contribution in [0.15, 0.2) is 78.9 Å². The maximum atomic E-state index is 13.4. The van der Waals surface area contributed by atoms with Gasteiger partial charge in [0.1, 0.15) is 17.3 Å². The summed E-state index contributed by atoms with van der Waals surface area (Å²) in [4.78, 5) is 26.0. The molecule has 0 aromatic heterocycles. The van der Waals surface area contributed by atoms with Gasteiger partial charge in [-0.1, -0.05) is 24.3 Å². The Kier molecular flexibility index (Phi) is 5.61. The van der Waals surface area contributed by atoms with E-state index < -0.39 is 11.8 Å². The first-order chi connectivity index (χ1) is 14.6. The predicted molar refractivity (Wildman–Crippen MR) is 112 cm³/mol. The van der Waals surface area contributed by atoms with Gasteiger partial charge >= 0.3 is 6.03 Å². The number of urea groups is 1. The van der Waals surface area contributed by atoms with E-state index in [9.17, 15) is 14.0 Å². The standard InChI is InChI=1S/C23H20FN3O3/c24-16-5-4-6-19(13-16)27-15-18(14-22(27)28)26-23(29)25-17-9-11-21(12-10-17)30-20-7-2-1-3-8-20/h1-13,18H,14-15H2,(H2,25,26,29)/t18-/m1/s1. The fourth-order valence-electron chi connectivity index (χ4n) is 3.28. The number of nitrogens with one attached hydrogen (secondary N) is 2. The third-order valence-corrected chi connectivity index (χ3v) is 4.67. The predicted octanol–water partition coefficient (Wildman–Crippen LogP) is 4.55. The summed E-state index contributed by atoms with van der Waals surface area (Å²) in [6.45, 7) is 0.291. The molecule has 3 aromatic carbocycles. The van der Waals surface area contributed by atoms with Gasteiger partial charge in [0, 0.05) is 24.3 Å². The molecule has 0 radical (unpaired) electrons. The third-order valence-electron chi connectivity index (χ3n) is 4.67. The Hall–Kier alpha value is -3.87. The smallest absolute Gasteiger partial charge is 0.319 e. The molecule has 0 spiro atoms. The van der Waals surface area contributed by atoms with Crippen LogP contribution in [0, 0.1) is 5.82 Å². The minimum atomic E-state index is -0.411. The van der Waals surface area contributed by atoms with Crippen molar-refractivity contribution in [3.63, 3.8) is 0 Å². The highest BCUT2D eigenvalue weighted by atomic mass is 19.1. The molecule has 1 saturated heterocycles. The first kappa shape index (κ1) is 19.4. The quantitative estimate of drug-likeness (QED) is 0.655. The van der Waals surface area contributed by atoms with Crippen molar-refractivity contribution in [1.82, 2.24) is 5.32 Å². The zero-order valence-corrected chi connectivity index (χ0v) is 16.0. The Morgan fingerprint density at radius 2 is 1.70 bits per heavy atom. The van der Waals surface area contributed by atoms with Crippen LogP contribution < -0.4 is 20.3 Å². The lowest BCUT2D eigenvalue weighted by molar-refractivity contribution is -0.117. The summed E-state index contributed by atoms with van der Waals surface area (Å²) in [5.74, 6) is 0.812. The van der Waals surface area contributed by atoms with Crippen molar-refractivity contribution in [2.45, 2.75) is 12.5 Å². The zero-order valence-electron chi connectivity index (χ0n) is 16.0. The van der Waals surface area contributed by atoms with E-state index >= 15 is 0 Å². The molecule has 1 atom stereocenters. The Morgan fingerprint density at radius 1 is 0.967 bits per heavy atom. The Balaban J connectivity index is 1.31. The number of carbonyl (C=O) groups excluding carboxylic acids is 2. The minimum Gasteiger partial charge on any atom is -0.457 e. The van der Waals surface area contributed by atoms with Crippen LogP contribution in [-0.4, -0.2) is 24.5 Å². The fraction of sp³-hybridized carbons (Fsp3) is 0.130. The SMILES string of the molecule is O=C(Nc1ccc(Oc2ccccc2)cc1)N[C@@H]1CC(=O)N(c2cccc(F)c2)C1. The number of anilines is 2. The molecular weight excluding hydrogens is 385 g/mol. The molecule has 0 bridgehead atoms. The van der Waals surface area contributed by atoms with Gasteiger partial charge in [0.25, 0.3) is 0 Å². The van der Waals surface area contributed by atoms with Crippen molar-refractivity contribution in [3.8, 4) is 11.5 Å². The van der Waals surface area contributed by atoms with Crippen molar-refractivity contribution in [1.29, 1.82) is 0 Å². The van der Waals surface area contributed by atoms with Gasteiger partial charge in [0.2, 0.25) is 5.91 Å². The monoisotopic (exact) mass is 405 g/mol. The number of hydrogen-bond acceptors (Lipinski definition) is 3. The van der Waals surface area contributed by atoms with Crippen LogP contribution in [0.25, 0.3) is 0 Å². The molecule has 3 aromatic rings. The summed E-state index contributed by atoms with van der Waals surface area (Å²) in [6, 6.07) is 21.5. The number of carbonyl (C=O) groups is 2. The summed E-state index contributed by atoms with van der Waals surface area (Å²) in [6.07, 6.45) is 0.161. The average molecular weight is 405 g/mol.